The van der Waals surface area contributed by atoms with Gasteiger partial charge in [0.1, 0.15) is 11.6 Å². The SMILES string of the molecule is CCNC(=NCC(=O)NC(C)(C)C)NCc1nc(C(F)(F)F)cs1.I. The number of halogens is 4. The number of hydrogen-bond donors (Lipinski definition) is 3. The van der Waals surface area contributed by atoms with E-state index in [2.05, 4.69) is 25.9 Å². The predicted octanol–water partition coefficient (Wildman–Crippen LogP) is 2.75. The molecular weight excluding hydrogens is 470 g/mol. The van der Waals surface area contributed by atoms with Crippen molar-refractivity contribution in [1.29, 1.82) is 0 Å². The first-order valence-corrected chi connectivity index (χ1v) is 8.24. The third-order valence-corrected chi connectivity index (χ3v) is 3.34. The van der Waals surface area contributed by atoms with E-state index in [-0.39, 0.29) is 53.5 Å². The van der Waals surface area contributed by atoms with Crippen molar-refractivity contribution >= 4 is 47.2 Å². The van der Waals surface area contributed by atoms with E-state index in [1.807, 2.05) is 27.7 Å². The molecule has 144 valence electrons. The van der Waals surface area contributed by atoms with Crippen molar-refractivity contribution in [3.05, 3.63) is 16.1 Å². The van der Waals surface area contributed by atoms with Crippen molar-refractivity contribution in [2.24, 2.45) is 4.99 Å². The van der Waals surface area contributed by atoms with E-state index < -0.39 is 11.9 Å². The summed E-state index contributed by atoms with van der Waals surface area (Å²) in [5.74, 6) is 0.0960. The van der Waals surface area contributed by atoms with Crippen molar-refractivity contribution in [2.45, 2.75) is 46.0 Å². The zero-order chi connectivity index (χ0) is 18.4. The molecule has 0 fully saturated rings. The van der Waals surface area contributed by atoms with E-state index >= 15 is 0 Å². The van der Waals surface area contributed by atoms with Crippen molar-refractivity contribution in [3.63, 3.8) is 0 Å². The highest BCUT2D eigenvalue weighted by atomic mass is 127. The number of carbonyl (C=O) groups is 1. The molecule has 25 heavy (non-hydrogen) atoms. The molecule has 0 aromatic carbocycles. The van der Waals surface area contributed by atoms with Crippen LogP contribution in [0.3, 0.4) is 0 Å². The number of rotatable bonds is 5. The number of alkyl halides is 3. The lowest BCUT2D eigenvalue weighted by Crippen LogP contribution is -2.43. The van der Waals surface area contributed by atoms with Crippen LogP contribution in [-0.2, 0) is 17.5 Å². The van der Waals surface area contributed by atoms with Crippen LogP contribution in [-0.4, -0.2) is 35.5 Å². The molecule has 0 atom stereocenters. The average Bonchev–Trinajstić information content (AvgIpc) is 2.89. The molecule has 1 amide bonds. The number of thiazole rings is 1. The molecule has 3 N–H and O–H groups in total. The first kappa shape index (κ1) is 23.9. The van der Waals surface area contributed by atoms with E-state index in [1.165, 1.54) is 0 Å². The van der Waals surface area contributed by atoms with Crippen LogP contribution in [0.15, 0.2) is 10.4 Å². The molecule has 0 radical (unpaired) electrons. The van der Waals surface area contributed by atoms with E-state index in [0.717, 1.165) is 16.7 Å². The second kappa shape index (κ2) is 10.1. The Bertz CT molecular complexity index is 584. The summed E-state index contributed by atoms with van der Waals surface area (Å²) in [4.78, 5) is 19.4. The second-order valence-corrected chi connectivity index (χ2v) is 6.91. The minimum absolute atomic E-state index is 0. The minimum atomic E-state index is -4.45. The number of hydrogen-bond acceptors (Lipinski definition) is 4. The van der Waals surface area contributed by atoms with Gasteiger partial charge in [0, 0.05) is 17.5 Å². The zero-order valence-electron chi connectivity index (χ0n) is 14.5. The molecule has 1 rings (SSSR count). The fourth-order valence-corrected chi connectivity index (χ4v) is 2.37. The van der Waals surface area contributed by atoms with Gasteiger partial charge in [0.05, 0.1) is 6.54 Å². The summed E-state index contributed by atoms with van der Waals surface area (Å²) in [7, 11) is 0. The van der Waals surface area contributed by atoms with Crippen molar-refractivity contribution in [3.8, 4) is 0 Å². The lowest BCUT2D eigenvalue weighted by Gasteiger charge is -2.20. The Morgan fingerprint density at radius 2 is 1.92 bits per heavy atom. The van der Waals surface area contributed by atoms with E-state index in [1.54, 1.807) is 0 Å². The molecule has 11 heteroatoms. The maximum atomic E-state index is 12.5. The second-order valence-electron chi connectivity index (χ2n) is 5.97. The number of nitrogens with zero attached hydrogens (tertiary/aromatic N) is 2. The summed E-state index contributed by atoms with van der Waals surface area (Å²) in [6.45, 7) is 7.98. The number of nitrogens with one attached hydrogen (secondary N) is 3. The topological polar surface area (TPSA) is 78.4 Å². The summed E-state index contributed by atoms with van der Waals surface area (Å²) in [6, 6.07) is 0. The Kier molecular flexibility index (Phi) is 9.69. The molecule has 0 aliphatic heterocycles. The third kappa shape index (κ3) is 9.82. The summed E-state index contributed by atoms with van der Waals surface area (Å²) >= 11 is 0.913. The summed E-state index contributed by atoms with van der Waals surface area (Å²) in [5, 5.41) is 9.81. The number of carbonyl (C=O) groups excluding carboxylic acids is 1. The molecule has 0 saturated heterocycles. The Morgan fingerprint density at radius 1 is 1.28 bits per heavy atom. The van der Waals surface area contributed by atoms with Gasteiger partial charge in [0.15, 0.2) is 11.7 Å². The summed E-state index contributed by atoms with van der Waals surface area (Å²) in [6.07, 6.45) is -4.45. The van der Waals surface area contributed by atoms with Crippen molar-refractivity contribution in [2.75, 3.05) is 13.1 Å². The first-order valence-electron chi connectivity index (χ1n) is 7.36. The van der Waals surface area contributed by atoms with Gasteiger partial charge < -0.3 is 16.0 Å². The normalized spacial score (nSPS) is 12.4. The Balaban J connectivity index is 0.00000576. The van der Waals surface area contributed by atoms with Crippen LogP contribution in [0.2, 0.25) is 0 Å². The highest BCUT2D eigenvalue weighted by Crippen LogP contribution is 2.29. The third-order valence-electron chi connectivity index (χ3n) is 2.49. The largest absolute Gasteiger partial charge is 0.434 e. The predicted molar refractivity (Wildman–Crippen MR) is 103 cm³/mol. The summed E-state index contributed by atoms with van der Waals surface area (Å²) < 4.78 is 37.5. The molecule has 1 aromatic heterocycles. The number of aliphatic imine (C=N–C) groups is 1. The van der Waals surface area contributed by atoms with Gasteiger partial charge in [-0.05, 0) is 27.7 Å². The number of aromatic nitrogens is 1. The molecule has 1 heterocycles. The Hall–Kier alpha value is -1.11. The fraction of sp³-hybridized carbons (Fsp3) is 0.643. The highest BCUT2D eigenvalue weighted by Gasteiger charge is 2.33. The number of guanidine groups is 1. The molecule has 1 aromatic rings. The van der Waals surface area contributed by atoms with E-state index in [0.29, 0.717) is 12.5 Å². The molecular formula is C14H23F3IN5OS. The van der Waals surface area contributed by atoms with Gasteiger partial charge in [-0.2, -0.15) is 13.2 Å². The van der Waals surface area contributed by atoms with Gasteiger partial charge >= 0.3 is 6.18 Å². The Labute approximate surface area is 166 Å². The van der Waals surface area contributed by atoms with Crippen LogP contribution in [0.25, 0.3) is 0 Å². The smallest absolute Gasteiger partial charge is 0.357 e. The first-order chi connectivity index (χ1) is 11.0. The van der Waals surface area contributed by atoms with Crippen molar-refractivity contribution in [1.82, 2.24) is 20.9 Å². The lowest BCUT2D eigenvalue weighted by atomic mass is 10.1. The van der Waals surface area contributed by atoms with Gasteiger partial charge in [0.2, 0.25) is 5.91 Å². The van der Waals surface area contributed by atoms with Crippen LogP contribution in [0.4, 0.5) is 13.2 Å². The molecule has 0 aliphatic carbocycles. The van der Waals surface area contributed by atoms with Crippen LogP contribution >= 0.6 is 35.3 Å². The van der Waals surface area contributed by atoms with Gasteiger partial charge in [0.25, 0.3) is 0 Å². The standard InChI is InChI=1S/C14H22F3N5OS.HI/c1-5-18-12(19-6-10(23)22-13(2,3)4)20-7-11-21-9(8-24-11)14(15,16)17;/h8H,5-7H2,1-4H3,(H,22,23)(H2,18,19,20);1H. The minimum Gasteiger partial charge on any atom is -0.357 e. The average molecular weight is 493 g/mol. The Morgan fingerprint density at radius 3 is 2.40 bits per heavy atom. The van der Waals surface area contributed by atoms with E-state index in [4.69, 9.17) is 0 Å². The summed E-state index contributed by atoms with van der Waals surface area (Å²) in [5.41, 5.74) is -1.26. The van der Waals surface area contributed by atoms with Crippen LogP contribution in [0.1, 0.15) is 38.4 Å². The molecule has 0 spiro atoms. The van der Waals surface area contributed by atoms with Gasteiger partial charge in [-0.15, -0.1) is 35.3 Å². The lowest BCUT2D eigenvalue weighted by molar-refractivity contribution is -0.140. The molecule has 0 bridgehead atoms. The molecule has 0 saturated carbocycles. The van der Waals surface area contributed by atoms with Gasteiger partial charge in [-0.25, -0.2) is 9.98 Å². The van der Waals surface area contributed by atoms with Crippen LogP contribution < -0.4 is 16.0 Å². The van der Waals surface area contributed by atoms with E-state index in [9.17, 15) is 18.0 Å². The fourth-order valence-electron chi connectivity index (χ4n) is 1.63. The molecule has 0 unspecified atom stereocenters. The van der Waals surface area contributed by atoms with Crippen LogP contribution in [0.5, 0.6) is 0 Å². The monoisotopic (exact) mass is 493 g/mol. The maximum absolute atomic E-state index is 12.5. The van der Waals surface area contributed by atoms with Gasteiger partial charge in [-0.3, -0.25) is 4.79 Å². The maximum Gasteiger partial charge on any atom is 0.434 e. The molecule has 6 nitrogen and oxygen atoms in total. The highest BCUT2D eigenvalue weighted by molar-refractivity contribution is 14.0. The quantitative estimate of drug-likeness (QED) is 0.335. The number of amides is 1. The van der Waals surface area contributed by atoms with Crippen LogP contribution in [0, 0.1) is 0 Å². The molecule has 0 aliphatic rings. The van der Waals surface area contributed by atoms with Gasteiger partial charge in [-0.1, -0.05) is 0 Å². The van der Waals surface area contributed by atoms with Crippen molar-refractivity contribution < 1.29 is 18.0 Å². The zero-order valence-corrected chi connectivity index (χ0v) is 17.6.